The van der Waals surface area contributed by atoms with E-state index in [-0.39, 0.29) is 17.7 Å². The van der Waals surface area contributed by atoms with Gasteiger partial charge in [-0.2, -0.15) is 0 Å². The maximum Gasteiger partial charge on any atom is 0.337 e. The molecule has 0 aliphatic carbocycles. The second-order valence-corrected chi connectivity index (χ2v) is 6.15. The van der Waals surface area contributed by atoms with Gasteiger partial charge in [-0.05, 0) is 31.1 Å². The minimum atomic E-state index is -0.354. The number of Topliss-reactive ketones (excluding diaryl/α,β-unsaturated/α-hetero) is 1. The van der Waals surface area contributed by atoms with Crippen molar-refractivity contribution in [2.24, 2.45) is 5.92 Å². The van der Waals surface area contributed by atoms with Crippen LogP contribution in [0.15, 0.2) is 30.1 Å². The molecule has 4 heterocycles. The van der Waals surface area contributed by atoms with Crippen molar-refractivity contribution in [2.75, 3.05) is 20.2 Å². The van der Waals surface area contributed by atoms with Crippen molar-refractivity contribution in [3.05, 3.63) is 41.2 Å². The summed E-state index contributed by atoms with van der Waals surface area (Å²) in [5.74, 6) is 0.109. The fraction of sp³-hybridized carbons (Fsp3) is 0.333. The number of carbonyl (C=O) groups is 2. The quantitative estimate of drug-likeness (QED) is 0.684. The summed E-state index contributed by atoms with van der Waals surface area (Å²) in [6.45, 7) is 1.94. The van der Waals surface area contributed by atoms with Crippen LogP contribution < -0.4 is 0 Å². The fourth-order valence-electron chi connectivity index (χ4n) is 3.57. The molecular weight excluding hydrogens is 292 g/mol. The number of benzene rings is 1. The summed E-state index contributed by atoms with van der Waals surface area (Å²) >= 11 is 0. The highest BCUT2D eigenvalue weighted by Gasteiger charge is 2.36. The van der Waals surface area contributed by atoms with Crippen LogP contribution in [0, 0.1) is 5.92 Å². The van der Waals surface area contributed by atoms with Crippen molar-refractivity contribution in [3.8, 4) is 0 Å². The largest absolute Gasteiger partial charge is 0.465 e. The molecule has 23 heavy (non-hydrogen) atoms. The molecule has 0 amide bonds. The molecule has 3 fully saturated rings. The van der Waals surface area contributed by atoms with Crippen LogP contribution in [-0.4, -0.2) is 41.8 Å². The number of rotatable bonds is 2. The van der Waals surface area contributed by atoms with Crippen molar-refractivity contribution in [1.29, 1.82) is 0 Å². The molecule has 0 radical (unpaired) electrons. The number of ketones is 1. The lowest BCUT2D eigenvalue weighted by Gasteiger charge is -2.41. The molecule has 1 aromatic heterocycles. The minimum absolute atomic E-state index is 0.197. The fourth-order valence-corrected chi connectivity index (χ4v) is 3.57. The molecule has 3 saturated heterocycles. The number of nitrogens with one attached hydrogen (secondary N) is 1. The Balaban J connectivity index is 1.74. The highest BCUT2D eigenvalue weighted by atomic mass is 16.5. The van der Waals surface area contributed by atoms with E-state index in [1.807, 2.05) is 18.3 Å². The predicted molar refractivity (Wildman–Crippen MR) is 86.9 cm³/mol. The van der Waals surface area contributed by atoms with Gasteiger partial charge in [0.25, 0.3) is 0 Å². The molecule has 2 bridgehead atoms. The SMILES string of the molecule is COC(=O)c1ccc2c(/C=C3/C(=O)C4CCN3CC4)c[nH]c2c1. The van der Waals surface area contributed by atoms with E-state index in [1.54, 1.807) is 12.1 Å². The number of esters is 1. The van der Waals surface area contributed by atoms with Crippen molar-refractivity contribution in [1.82, 2.24) is 9.88 Å². The summed E-state index contributed by atoms with van der Waals surface area (Å²) in [4.78, 5) is 29.4. The number of aromatic amines is 1. The van der Waals surface area contributed by atoms with E-state index in [9.17, 15) is 9.59 Å². The van der Waals surface area contributed by atoms with Gasteiger partial charge < -0.3 is 14.6 Å². The topological polar surface area (TPSA) is 62.4 Å². The number of fused-ring (bicyclic) bond motifs is 4. The average Bonchev–Trinajstić information content (AvgIpc) is 3.00. The lowest BCUT2D eigenvalue weighted by atomic mass is 9.84. The number of hydrogen-bond donors (Lipinski definition) is 1. The molecule has 2 aromatic rings. The van der Waals surface area contributed by atoms with Crippen molar-refractivity contribution >= 4 is 28.7 Å². The van der Waals surface area contributed by atoms with E-state index in [2.05, 4.69) is 9.88 Å². The number of hydrogen-bond acceptors (Lipinski definition) is 4. The Morgan fingerprint density at radius 1 is 1.35 bits per heavy atom. The summed E-state index contributed by atoms with van der Waals surface area (Å²) in [5.41, 5.74) is 3.18. The molecule has 1 aromatic carbocycles. The molecule has 1 N–H and O–H groups in total. The molecule has 0 unspecified atom stereocenters. The van der Waals surface area contributed by atoms with Crippen LogP contribution in [0.5, 0.6) is 0 Å². The summed E-state index contributed by atoms with van der Waals surface area (Å²) in [5, 5.41) is 1.00. The van der Waals surface area contributed by atoms with E-state index < -0.39 is 0 Å². The zero-order valence-corrected chi connectivity index (χ0v) is 13.0. The lowest BCUT2D eigenvalue weighted by molar-refractivity contribution is -0.125. The van der Waals surface area contributed by atoms with E-state index in [0.717, 1.165) is 48.1 Å². The molecule has 0 atom stereocenters. The van der Waals surface area contributed by atoms with Crippen molar-refractivity contribution in [2.45, 2.75) is 12.8 Å². The third-order valence-corrected chi connectivity index (χ3v) is 4.89. The summed E-state index contributed by atoms with van der Waals surface area (Å²) in [6, 6.07) is 5.42. The smallest absolute Gasteiger partial charge is 0.337 e. The normalized spacial score (nSPS) is 19.8. The van der Waals surface area contributed by atoms with Crippen LogP contribution in [0.1, 0.15) is 28.8 Å². The van der Waals surface area contributed by atoms with E-state index in [0.29, 0.717) is 5.56 Å². The number of ether oxygens (including phenoxy) is 1. The van der Waals surface area contributed by atoms with Gasteiger partial charge >= 0.3 is 5.97 Å². The van der Waals surface area contributed by atoms with Gasteiger partial charge in [0.2, 0.25) is 0 Å². The first-order valence-corrected chi connectivity index (χ1v) is 7.87. The van der Waals surface area contributed by atoms with Gasteiger partial charge in [0.15, 0.2) is 5.78 Å². The van der Waals surface area contributed by atoms with Crippen molar-refractivity contribution in [3.63, 3.8) is 0 Å². The van der Waals surface area contributed by atoms with Crippen LogP contribution in [-0.2, 0) is 9.53 Å². The van der Waals surface area contributed by atoms with Crippen LogP contribution in [0.4, 0.5) is 0 Å². The molecule has 3 aliphatic rings. The Morgan fingerprint density at radius 2 is 2.13 bits per heavy atom. The van der Waals surface area contributed by atoms with E-state index in [1.165, 1.54) is 7.11 Å². The summed E-state index contributed by atoms with van der Waals surface area (Å²) in [7, 11) is 1.37. The Morgan fingerprint density at radius 3 is 2.83 bits per heavy atom. The van der Waals surface area contributed by atoms with Crippen LogP contribution >= 0.6 is 0 Å². The zero-order valence-electron chi connectivity index (χ0n) is 13.0. The number of methoxy groups -OCH3 is 1. The second kappa shape index (κ2) is 5.26. The van der Waals surface area contributed by atoms with Crippen molar-refractivity contribution < 1.29 is 14.3 Å². The molecular formula is C18H18N2O3. The van der Waals surface area contributed by atoms with Gasteiger partial charge in [-0.25, -0.2) is 4.79 Å². The molecule has 3 aliphatic heterocycles. The molecule has 5 nitrogen and oxygen atoms in total. The minimum Gasteiger partial charge on any atom is -0.465 e. The van der Waals surface area contributed by atoms with E-state index >= 15 is 0 Å². The molecule has 0 spiro atoms. The third kappa shape index (κ3) is 2.23. The first-order valence-electron chi connectivity index (χ1n) is 7.87. The van der Waals surface area contributed by atoms with Crippen LogP contribution in [0.3, 0.4) is 0 Å². The molecule has 5 rings (SSSR count). The number of aromatic nitrogens is 1. The molecule has 5 heteroatoms. The van der Waals surface area contributed by atoms with Crippen LogP contribution in [0.25, 0.3) is 17.0 Å². The predicted octanol–water partition coefficient (Wildman–Crippen LogP) is 2.59. The maximum absolute atomic E-state index is 12.5. The van der Waals surface area contributed by atoms with Crippen LogP contribution in [0.2, 0.25) is 0 Å². The van der Waals surface area contributed by atoms with Gasteiger partial charge in [-0.1, -0.05) is 6.07 Å². The monoisotopic (exact) mass is 310 g/mol. The Labute approximate surface area is 133 Å². The van der Waals surface area contributed by atoms with Gasteiger partial charge in [-0.3, -0.25) is 4.79 Å². The summed E-state index contributed by atoms with van der Waals surface area (Å²) < 4.78 is 4.74. The van der Waals surface area contributed by atoms with Gasteiger partial charge in [0.05, 0.1) is 18.4 Å². The average molecular weight is 310 g/mol. The Hall–Kier alpha value is -2.56. The van der Waals surface area contributed by atoms with E-state index in [4.69, 9.17) is 4.74 Å². The number of carbonyl (C=O) groups excluding carboxylic acids is 2. The maximum atomic E-state index is 12.5. The Bertz CT molecular complexity index is 826. The number of allylic oxidation sites excluding steroid dienone is 1. The molecule has 0 saturated carbocycles. The van der Waals surface area contributed by atoms with Gasteiger partial charge in [0.1, 0.15) is 0 Å². The lowest BCUT2D eigenvalue weighted by Crippen LogP contribution is -2.45. The number of piperidine rings is 3. The molecule has 118 valence electrons. The first-order chi connectivity index (χ1) is 11.2. The first kappa shape index (κ1) is 14.1. The highest BCUT2D eigenvalue weighted by molar-refractivity contribution is 6.04. The standard InChI is InChI=1S/C18H18N2O3/c1-23-18(22)12-2-3-14-13(10-19-15(14)8-12)9-16-17(21)11-4-6-20(16)7-5-11/h2-3,8-11,19H,4-7H2,1H3/b16-9-. The Kier molecular flexibility index (Phi) is 3.22. The number of nitrogens with zero attached hydrogens (tertiary/aromatic N) is 1. The highest BCUT2D eigenvalue weighted by Crippen LogP contribution is 2.33. The number of H-pyrrole nitrogens is 1. The second-order valence-electron chi connectivity index (χ2n) is 6.15. The zero-order chi connectivity index (χ0) is 16.0. The third-order valence-electron chi connectivity index (χ3n) is 4.89. The van der Waals surface area contributed by atoms with Gasteiger partial charge in [-0.15, -0.1) is 0 Å². The summed E-state index contributed by atoms with van der Waals surface area (Å²) in [6.07, 6.45) is 5.82. The van der Waals surface area contributed by atoms with Gasteiger partial charge in [0, 0.05) is 41.7 Å².